The predicted molar refractivity (Wildman–Crippen MR) is 208 cm³/mol. The number of rotatable bonds is 12. The van der Waals surface area contributed by atoms with Gasteiger partial charge in [0.25, 0.3) is 5.69 Å². The van der Waals surface area contributed by atoms with Gasteiger partial charge in [-0.05, 0) is 45.5 Å². The molecule has 0 aromatic heterocycles. The third-order valence-corrected chi connectivity index (χ3v) is 10.1. The lowest BCUT2D eigenvalue weighted by Gasteiger charge is -2.41. The van der Waals surface area contributed by atoms with Crippen LogP contribution in [0.1, 0.15) is 46.6 Å². The number of nitro groups is 1. The highest BCUT2D eigenvalue weighted by atomic mass is 16.7. The van der Waals surface area contributed by atoms with Crippen molar-refractivity contribution in [2.45, 2.75) is 44.6 Å². The lowest BCUT2D eigenvalue weighted by atomic mass is 9.97. The maximum atomic E-state index is 12.6. The summed E-state index contributed by atoms with van der Waals surface area (Å²) in [6.45, 7) is 4.88. The molecule has 0 bridgehead atoms. The van der Waals surface area contributed by atoms with Gasteiger partial charge in [-0.1, -0.05) is 103 Å². The van der Waals surface area contributed by atoms with Gasteiger partial charge >= 0.3 is 6.03 Å². The number of anilines is 1. The Morgan fingerprint density at radius 2 is 1.41 bits per heavy atom. The van der Waals surface area contributed by atoms with E-state index in [9.17, 15) is 20.0 Å². The van der Waals surface area contributed by atoms with Crippen LogP contribution in [0.2, 0.25) is 0 Å². The van der Waals surface area contributed by atoms with Crippen molar-refractivity contribution in [1.29, 1.82) is 0 Å². The minimum Gasteiger partial charge on any atom is -0.392 e. The summed E-state index contributed by atoms with van der Waals surface area (Å²) >= 11 is 0. The zero-order chi connectivity index (χ0) is 37.3. The Hall–Kier alpha value is -5.59. The van der Waals surface area contributed by atoms with Crippen molar-refractivity contribution in [3.8, 4) is 11.1 Å². The van der Waals surface area contributed by atoms with E-state index in [0.717, 1.165) is 77.4 Å². The molecule has 2 heterocycles. The van der Waals surface area contributed by atoms with Crippen LogP contribution in [0, 0.1) is 10.1 Å². The molecule has 0 spiro atoms. The van der Waals surface area contributed by atoms with Crippen molar-refractivity contribution in [2.75, 3.05) is 37.6 Å². The number of non-ortho nitro benzene ring substituents is 1. The summed E-state index contributed by atoms with van der Waals surface area (Å²) < 4.78 is 13.3. The Kier molecular flexibility index (Phi) is 11.9. The maximum absolute atomic E-state index is 12.6. The van der Waals surface area contributed by atoms with Gasteiger partial charge in [-0.15, -0.1) is 0 Å². The molecule has 278 valence electrons. The third-order valence-electron chi connectivity index (χ3n) is 10.1. The predicted octanol–water partition coefficient (Wildman–Crippen LogP) is 7.12. The number of amides is 2. The van der Waals surface area contributed by atoms with Gasteiger partial charge in [0, 0.05) is 75.6 Å². The van der Waals surface area contributed by atoms with Gasteiger partial charge in [0.15, 0.2) is 6.29 Å². The largest absolute Gasteiger partial charge is 0.392 e. The van der Waals surface area contributed by atoms with Gasteiger partial charge in [0.1, 0.15) is 0 Å². The molecular formula is C43H45N5O6. The minimum atomic E-state index is -0.577. The summed E-state index contributed by atoms with van der Waals surface area (Å²) in [5.74, 6) is 0. The molecule has 5 aromatic rings. The molecule has 5 aromatic carbocycles. The average molecular weight is 728 g/mol. The van der Waals surface area contributed by atoms with Crippen LogP contribution in [0.3, 0.4) is 0 Å². The van der Waals surface area contributed by atoms with Crippen LogP contribution in [0.25, 0.3) is 11.1 Å². The molecule has 0 saturated carbocycles. The Balaban J connectivity index is 1.01. The number of urea groups is 1. The van der Waals surface area contributed by atoms with Gasteiger partial charge in [-0.25, -0.2) is 4.79 Å². The monoisotopic (exact) mass is 727 g/mol. The fourth-order valence-corrected chi connectivity index (χ4v) is 7.09. The Bertz CT molecular complexity index is 1980. The molecule has 2 saturated heterocycles. The lowest BCUT2D eigenvalue weighted by Crippen LogP contribution is -2.49. The first-order valence-electron chi connectivity index (χ1n) is 18.4. The molecule has 11 heteroatoms. The number of piperazine rings is 1. The van der Waals surface area contributed by atoms with Gasteiger partial charge in [-0.2, -0.15) is 0 Å². The number of benzene rings is 5. The van der Waals surface area contributed by atoms with E-state index in [1.54, 1.807) is 12.1 Å². The van der Waals surface area contributed by atoms with Crippen molar-refractivity contribution >= 4 is 17.4 Å². The van der Waals surface area contributed by atoms with E-state index in [0.29, 0.717) is 19.5 Å². The Morgan fingerprint density at radius 3 is 2.11 bits per heavy atom. The Morgan fingerprint density at radius 1 is 0.741 bits per heavy atom. The second-order valence-corrected chi connectivity index (χ2v) is 13.7. The summed E-state index contributed by atoms with van der Waals surface area (Å²) in [6, 6.07) is 40.6. The standard InChI is InChI=1S/C43H45N5O6/c49-30-32-10-12-34(13-11-32)41-26-39(29-46-22-24-47(25-23-46)37-18-20-38(21-19-37)48(51)52)53-42(54-41)35-16-14-33(15-17-35)40-9-5-4-8-36(40)28-45-43(50)44-27-31-6-2-1-3-7-31/h1-21,39,41-42,49H,22-30H2,(H2,44,45,50). The van der Waals surface area contributed by atoms with Gasteiger partial charge < -0.3 is 30.1 Å². The third kappa shape index (κ3) is 9.31. The number of nitro benzene ring substituents is 1. The second-order valence-electron chi connectivity index (χ2n) is 13.7. The highest BCUT2D eigenvalue weighted by molar-refractivity contribution is 5.75. The number of carbonyl (C=O) groups excluding carboxylic acids is 1. The molecule has 2 aliphatic heterocycles. The summed E-state index contributed by atoms with van der Waals surface area (Å²) in [5, 5.41) is 26.6. The molecule has 54 heavy (non-hydrogen) atoms. The number of nitrogens with zero attached hydrogens (tertiary/aromatic N) is 3. The normalized spacial score (nSPS) is 18.9. The zero-order valence-electron chi connectivity index (χ0n) is 30.1. The molecule has 3 N–H and O–H groups in total. The number of carbonyl (C=O) groups is 1. The van der Waals surface area contributed by atoms with E-state index in [1.165, 1.54) is 0 Å². The molecule has 2 fully saturated rings. The molecule has 0 aliphatic carbocycles. The lowest BCUT2D eigenvalue weighted by molar-refractivity contribution is -0.384. The van der Waals surface area contributed by atoms with Crippen LogP contribution in [0.4, 0.5) is 16.2 Å². The molecule has 7 rings (SSSR count). The van der Waals surface area contributed by atoms with Gasteiger partial charge in [0.05, 0.1) is 23.7 Å². The molecule has 3 unspecified atom stereocenters. The van der Waals surface area contributed by atoms with Crippen LogP contribution in [-0.2, 0) is 29.2 Å². The smallest absolute Gasteiger partial charge is 0.315 e. The van der Waals surface area contributed by atoms with E-state index in [4.69, 9.17) is 9.47 Å². The highest BCUT2D eigenvalue weighted by Gasteiger charge is 2.34. The van der Waals surface area contributed by atoms with E-state index in [1.807, 2.05) is 97.1 Å². The van der Waals surface area contributed by atoms with Crippen LogP contribution < -0.4 is 15.5 Å². The fraction of sp³-hybridized carbons (Fsp3) is 0.279. The van der Waals surface area contributed by atoms with E-state index >= 15 is 0 Å². The number of aliphatic hydroxyl groups excluding tert-OH is 1. The topological polar surface area (TPSA) is 129 Å². The molecule has 2 amide bonds. The van der Waals surface area contributed by atoms with E-state index < -0.39 is 6.29 Å². The summed E-state index contributed by atoms with van der Waals surface area (Å²) in [5.41, 5.74) is 7.99. The molecule has 2 aliphatic rings. The van der Waals surface area contributed by atoms with E-state index in [2.05, 4.69) is 38.6 Å². The number of nitrogens with one attached hydrogen (secondary N) is 2. The number of hydrogen-bond acceptors (Lipinski definition) is 8. The first-order valence-corrected chi connectivity index (χ1v) is 18.4. The molecular weight excluding hydrogens is 683 g/mol. The number of hydrogen-bond donors (Lipinski definition) is 3. The van der Waals surface area contributed by atoms with E-state index in [-0.39, 0.29) is 35.5 Å². The highest BCUT2D eigenvalue weighted by Crippen LogP contribution is 2.39. The summed E-state index contributed by atoms with van der Waals surface area (Å²) in [7, 11) is 0. The van der Waals surface area contributed by atoms with Gasteiger partial charge in [0.2, 0.25) is 0 Å². The quantitative estimate of drug-likeness (QED) is 0.0916. The van der Waals surface area contributed by atoms with Crippen LogP contribution >= 0.6 is 0 Å². The molecule has 0 radical (unpaired) electrons. The minimum absolute atomic E-state index is 0.0149. The second kappa shape index (κ2) is 17.5. The Labute approximate surface area is 315 Å². The van der Waals surface area contributed by atoms with Crippen molar-refractivity contribution in [1.82, 2.24) is 15.5 Å². The SMILES string of the molecule is O=C(NCc1ccccc1)NCc1ccccc1-c1ccc(C2OC(CN3CCN(c4ccc([N+](=O)[O-])cc4)CC3)CC(c3ccc(CO)cc3)O2)cc1. The zero-order valence-corrected chi connectivity index (χ0v) is 30.1. The van der Waals surface area contributed by atoms with Crippen molar-refractivity contribution in [3.05, 3.63) is 165 Å². The first-order chi connectivity index (χ1) is 26.4. The fourth-order valence-electron chi connectivity index (χ4n) is 7.09. The van der Waals surface area contributed by atoms with Crippen molar-refractivity contribution in [3.63, 3.8) is 0 Å². The summed E-state index contributed by atoms with van der Waals surface area (Å²) in [6.07, 6.45) is -0.166. The van der Waals surface area contributed by atoms with Crippen LogP contribution in [-0.4, -0.2) is 59.8 Å². The first kappa shape index (κ1) is 36.8. The van der Waals surface area contributed by atoms with Crippen LogP contribution in [0.15, 0.2) is 127 Å². The maximum Gasteiger partial charge on any atom is 0.315 e. The number of ether oxygens (including phenoxy) is 2. The number of aliphatic hydroxyl groups is 1. The molecule has 11 nitrogen and oxygen atoms in total. The van der Waals surface area contributed by atoms with Crippen molar-refractivity contribution < 1.29 is 24.3 Å². The van der Waals surface area contributed by atoms with Crippen molar-refractivity contribution in [2.24, 2.45) is 0 Å². The van der Waals surface area contributed by atoms with Gasteiger partial charge in [-0.3, -0.25) is 15.0 Å². The van der Waals surface area contributed by atoms with Crippen LogP contribution in [0.5, 0.6) is 0 Å². The summed E-state index contributed by atoms with van der Waals surface area (Å²) in [4.78, 5) is 28.0. The molecule has 3 atom stereocenters. The average Bonchev–Trinajstić information content (AvgIpc) is 3.23.